The van der Waals surface area contributed by atoms with Gasteiger partial charge in [0.05, 0.1) is 30.5 Å². The number of aromatic nitrogens is 8. The molecule has 2 saturated heterocycles. The molecule has 0 aliphatic carbocycles. The van der Waals surface area contributed by atoms with Crippen LogP contribution in [0.4, 0.5) is 0 Å². The van der Waals surface area contributed by atoms with Crippen molar-refractivity contribution >= 4 is 137 Å². The van der Waals surface area contributed by atoms with Gasteiger partial charge in [-0.25, -0.2) is 8.61 Å². The van der Waals surface area contributed by atoms with Crippen molar-refractivity contribution in [2.24, 2.45) is 0 Å². The molecule has 4 aromatic rings. The van der Waals surface area contributed by atoms with Crippen molar-refractivity contribution in [1.82, 2.24) is 54.3 Å². The van der Waals surface area contributed by atoms with Gasteiger partial charge in [0, 0.05) is 26.2 Å². The van der Waals surface area contributed by atoms with Crippen LogP contribution < -0.4 is 5.32 Å². The monoisotopic (exact) mass is 792 g/mol. The Morgan fingerprint density at radius 1 is 0.571 bits per heavy atom. The Balaban J connectivity index is 0.000000169. The SMILES string of the molecule is CSc1nnc(SSc2nnc(SN3CCN(C)CC3)s2)s1.[S-]c1nnc(SSc2nnc(SN3CC[NH2+]CC3)s2)s1. The predicted molar refractivity (Wildman–Crippen MR) is 184 cm³/mol. The Bertz CT molecular complexity index is 1350. The van der Waals surface area contributed by atoms with Gasteiger partial charge in [0.1, 0.15) is 0 Å². The zero-order chi connectivity index (χ0) is 29.1. The molecule has 0 unspecified atom stereocenters. The number of thioether (sulfide) groups is 1. The summed E-state index contributed by atoms with van der Waals surface area (Å²) in [6.45, 7) is 8.85. The quantitative estimate of drug-likeness (QED) is 0.101. The normalized spacial score (nSPS) is 16.9. The van der Waals surface area contributed by atoms with E-state index in [0.717, 1.165) is 82.7 Å². The topological polar surface area (TPSA) is 129 Å². The number of piperazine rings is 2. The third-order valence-corrected chi connectivity index (χ3v) is 18.1. The molecule has 6 rings (SSSR count). The lowest BCUT2D eigenvalue weighted by molar-refractivity contribution is -0.661. The second-order valence-corrected chi connectivity index (χ2v) is 21.6. The molecule has 0 aromatic carbocycles. The van der Waals surface area contributed by atoms with Crippen molar-refractivity contribution in [2.45, 2.75) is 34.7 Å². The van der Waals surface area contributed by atoms with Crippen molar-refractivity contribution < 1.29 is 5.32 Å². The van der Waals surface area contributed by atoms with Gasteiger partial charge in [0.25, 0.3) is 0 Å². The largest absolute Gasteiger partial charge is 0.406 e. The summed E-state index contributed by atoms with van der Waals surface area (Å²) >= 11 is 16.3. The van der Waals surface area contributed by atoms with E-state index in [1.807, 2.05) is 6.26 Å². The maximum atomic E-state index is 4.94. The molecule has 2 fully saturated rings. The average Bonchev–Trinajstić information content (AvgIpc) is 3.82. The van der Waals surface area contributed by atoms with E-state index in [9.17, 15) is 0 Å². The molecule has 2 N–H and O–H groups in total. The number of hydrogen-bond donors (Lipinski definition) is 1. The van der Waals surface area contributed by atoms with Crippen LogP contribution in [-0.4, -0.2) is 120 Å². The number of nitrogens with zero attached hydrogens (tertiary/aromatic N) is 11. The fourth-order valence-corrected chi connectivity index (χ4v) is 14.5. The zero-order valence-corrected chi connectivity index (χ0v) is 31.9. The molecule has 0 spiro atoms. The molecular weight excluding hydrogens is 769 g/mol. The van der Waals surface area contributed by atoms with Gasteiger partial charge in [0.15, 0.2) is 26.0 Å². The highest BCUT2D eigenvalue weighted by atomic mass is 33.1. The van der Waals surface area contributed by atoms with E-state index in [-0.39, 0.29) is 0 Å². The Morgan fingerprint density at radius 2 is 1.00 bits per heavy atom. The zero-order valence-electron chi connectivity index (χ0n) is 22.1. The summed E-state index contributed by atoms with van der Waals surface area (Å²) in [4.78, 5) is 2.35. The average molecular weight is 793 g/mol. The maximum Gasteiger partial charge on any atom is 0.190 e. The molecule has 0 bridgehead atoms. The van der Waals surface area contributed by atoms with Crippen molar-refractivity contribution in [3.05, 3.63) is 0 Å². The van der Waals surface area contributed by atoms with E-state index in [2.05, 4.69) is 66.7 Å². The van der Waals surface area contributed by atoms with E-state index in [4.69, 9.17) is 12.6 Å². The van der Waals surface area contributed by atoms with Gasteiger partial charge in [0.2, 0.25) is 0 Å². The van der Waals surface area contributed by atoms with E-state index >= 15 is 0 Å². The Hall–Kier alpha value is 0.750. The molecule has 42 heavy (non-hydrogen) atoms. The van der Waals surface area contributed by atoms with Crippen LogP contribution in [0.25, 0.3) is 0 Å². The first kappa shape index (κ1) is 34.1. The summed E-state index contributed by atoms with van der Waals surface area (Å²) in [6, 6.07) is 0. The molecule has 0 radical (unpaired) electrons. The first-order valence-corrected chi connectivity index (χ1v) is 22.9. The first-order valence-electron chi connectivity index (χ1n) is 12.1. The van der Waals surface area contributed by atoms with E-state index < -0.39 is 0 Å². The standard InChI is InChI=1S/C10H14N6S6.C8H10N6S6/c1-15-3-5-16(6-4-15)20-8-12-14-10(19-8)22-21-9-13-11-7(17-2)18-9;15-5-10-12-7(16-5)19-20-8-13-11-6(17-8)18-14-3-1-9-2-4-14/h3-6H2,1-2H3;9H,1-4H2,(H,10,15). The smallest absolute Gasteiger partial charge is 0.190 e. The van der Waals surface area contributed by atoms with Gasteiger partial charge in [-0.2, -0.15) is 10.2 Å². The molecule has 0 saturated carbocycles. The second-order valence-electron chi connectivity index (χ2n) is 8.08. The lowest BCUT2D eigenvalue weighted by Crippen LogP contribution is -2.89. The molecular formula is C18H24N12S12. The predicted octanol–water partition coefficient (Wildman–Crippen LogP) is 4.15. The minimum atomic E-state index is 0.573. The number of hydrogen-bond acceptors (Lipinski definition) is 23. The summed E-state index contributed by atoms with van der Waals surface area (Å²) in [5.74, 6) is 0. The van der Waals surface area contributed by atoms with E-state index in [1.165, 1.54) is 22.1 Å². The van der Waals surface area contributed by atoms with E-state index in [0.29, 0.717) is 4.34 Å². The first-order chi connectivity index (χ1) is 20.5. The fourth-order valence-electron chi connectivity index (χ4n) is 3.14. The Kier molecular flexibility index (Phi) is 14.8. The molecule has 0 amide bonds. The minimum absolute atomic E-state index is 0.573. The molecule has 24 heteroatoms. The van der Waals surface area contributed by atoms with Crippen molar-refractivity contribution in [3.8, 4) is 0 Å². The molecule has 0 atom stereocenters. The van der Waals surface area contributed by atoms with Gasteiger partial charge in [-0.3, -0.25) is 0 Å². The lowest BCUT2D eigenvalue weighted by Gasteiger charge is -2.30. The molecule has 2 aliphatic heterocycles. The minimum Gasteiger partial charge on any atom is -0.406 e. The summed E-state index contributed by atoms with van der Waals surface area (Å²) < 4.78 is 12.0. The van der Waals surface area contributed by atoms with Crippen molar-refractivity contribution in [2.75, 3.05) is 65.7 Å². The second kappa shape index (κ2) is 18.2. The van der Waals surface area contributed by atoms with Gasteiger partial charge in [-0.1, -0.05) is 45.8 Å². The van der Waals surface area contributed by atoms with Crippen molar-refractivity contribution in [3.63, 3.8) is 0 Å². The number of rotatable bonds is 11. The fraction of sp³-hybridized carbons (Fsp3) is 0.556. The van der Waals surface area contributed by atoms with Gasteiger partial charge < -0.3 is 34.2 Å². The molecule has 228 valence electrons. The third kappa shape index (κ3) is 11.5. The van der Waals surface area contributed by atoms with Crippen LogP contribution in [0.2, 0.25) is 0 Å². The molecule has 6 heterocycles. The molecule has 4 aromatic heterocycles. The van der Waals surface area contributed by atoms with Gasteiger partial charge >= 0.3 is 0 Å². The van der Waals surface area contributed by atoms with Gasteiger partial charge in [-0.05, 0) is 84.7 Å². The van der Waals surface area contributed by atoms with Crippen LogP contribution in [0.3, 0.4) is 0 Å². The summed E-state index contributed by atoms with van der Waals surface area (Å²) in [5.41, 5.74) is 0. The molecule has 2 aliphatic rings. The molecule has 12 nitrogen and oxygen atoms in total. The van der Waals surface area contributed by atoms with Crippen LogP contribution in [0.15, 0.2) is 34.7 Å². The highest BCUT2D eigenvalue weighted by Crippen LogP contribution is 2.43. The number of nitrogens with two attached hydrogens (primary N) is 1. The lowest BCUT2D eigenvalue weighted by atomic mass is 10.4. The van der Waals surface area contributed by atoms with Gasteiger partial charge in [-0.15, -0.1) is 30.6 Å². The summed E-state index contributed by atoms with van der Waals surface area (Å²) in [6.07, 6.45) is 2.01. The summed E-state index contributed by atoms with van der Waals surface area (Å²) in [7, 11) is 8.44. The summed E-state index contributed by atoms with van der Waals surface area (Å²) in [5, 5.41) is 35.3. The number of likely N-dealkylation sites (N-methyl/N-ethyl adjacent to an activating group) is 1. The highest BCUT2D eigenvalue weighted by Gasteiger charge is 2.18. The Morgan fingerprint density at radius 3 is 1.48 bits per heavy atom. The van der Waals surface area contributed by atoms with E-state index in [1.54, 1.807) is 102 Å². The maximum absolute atomic E-state index is 4.94. The Labute approximate surface area is 293 Å². The van der Waals surface area contributed by atoms with Crippen LogP contribution in [-0.2, 0) is 12.6 Å². The van der Waals surface area contributed by atoms with Crippen LogP contribution in [0.1, 0.15) is 0 Å². The van der Waals surface area contributed by atoms with Crippen molar-refractivity contribution in [1.29, 1.82) is 0 Å². The van der Waals surface area contributed by atoms with Crippen LogP contribution in [0.5, 0.6) is 0 Å². The van der Waals surface area contributed by atoms with Crippen LogP contribution >= 0.6 is 124 Å². The van der Waals surface area contributed by atoms with Crippen LogP contribution in [0, 0.1) is 0 Å². The highest BCUT2D eigenvalue weighted by molar-refractivity contribution is 8.77. The number of quaternary nitrogens is 1. The third-order valence-electron chi connectivity index (χ3n) is 5.14.